The van der Waals surface area contributed by atoms with E-state index < -0.39 is 0 Å². The number of carbonyl (C=O) groups is 1. The lowest BCUT2D eigenvalue weighted by molar-refractivity contribution is -0.115. The van der Waals surface area contributed by atoms with Crippen molar-refractivity contribution < 1.29 is 13.9 Å². The van der Waals surface area contributed by atoms with Gasteiger partial charge in [-0.05, 0) is 36.4 Å². The van der Waals surface area contributed by atoms with Crippen LogP contribution in [0.5, 0.6) is 5.75 Å². The predicted octanol–water partition coefficient (Wildman–Crippen LogP) is 5.75. The minimum absolute atomic E-state index is 0.111. The molecule has 1 aromatic heterocycles. The molecular formula is C26H18FN3O2S2. The van der Waals surface area contributed by atoms with E-state index in [0.29, 0.717) is 26.2 Å². The Hall–Kier alpha value is -3.75. The van der Waals surface area contributed by atoms with Crippen LogP contribution in [-0.2, 0) is 11.4 Å². The lowest BCUT2D eigenvalue weighted by Gasteiger charge is -2.08. The van der Waals surface area contributed by atoms with Gasteiger partial charge in [-0.3, -0.25) is 4.79 Å². The second kappa shape index (κ2) is 9.62. The third kappa shape index (κ3) is 4.78. The van der Waals surface area contributed by atoms with E-state index in [1.807, 2.05) is 60.8 Å². The zero-order valence-corrected chi connectivity index (χ0v) is 19.4. The molecule has 5 rings (SSSR count). The first-order valence-corrected chi connectivity index (χ1v) is 11.7. The number of hydrogen-bond donors (Lipinski definition) is 1. The molecule has 168 valence electrons. The summed E-state index contributed by atoms with van der Waals surface area (Å²) in [5.74, 6) is 0.0533. The van der Waals surface area contributed by atoms with Crippen LogP contribution in [0.15, 0.2) is 90.0 Å². The van der Waals surface area contributed by atoms with Crippen LogP contribution >= 0.6 is 24.0 Å². The van der Waals surface area contributed by atoms with E-state index in [1.165, 1.54) is 17.8 Å². The normalized spacial score (nSPS) is 14.4. The lowest BCUT2D eigenvalue weighted by atomic mass is 10.1. The molecule has 0 unspecified atom stereocenters. The predicted molar refractivity (Wildman–Crippen MR) is 136 cm³/mol. The highest BCUT2D eigenvalue weighted by Gasteiger charge is 2.23. The van der Waals surface area contributed by atoms with Gasteiger partial charge in [0.25, 0.3) is 5.91 Å². The number of hydrogen-bond acceptors (Lipinski definition) is 5. The number of nitrogens with one attached hydrogen (secondary N) is 1. The Morgan fingerprint density at radius 1 is 1.06 bits per heavy atom. The van der Waals surface area contributed by atoms with Gasteiger partial charge < -0.3 is 10.1 Å². The van der Waals surface area contributed by atoms with Crippen LogP contribution in [0.25, 0.3) is 23.0 Å². The molecular weight excluding hydrogens is 469 g/mol. The molecule has 1 fully saturated rings. The largest absolute Gasteiger partial charge is 0.489 e. The van der Waals surface area contributed by atoms with Crippen molar-refractivity contribution in [3.8, 4) is 22.7 Å². The van der Waals surface area contributed by atoms with Gasteiger partial charge in [-0.2, -0.15) is 5.10 Å². The fourth-order valence-corrected chi connectivity index (χ4v) is 4.54. The number of para-hydroxylation sites is 1. The highest BCUT2D eigenvalue weighted by molar-refractivity contribution is 8.26. The van der Waals surface area contributed by atoms with Crippen molar-refractivity contribution in [3.63, 3.8) is 0 Å². The topological polar surface area (TPSA) is 56.2 Å². The highest BCUT2D eigenvalue weighted by Crippen LogP contribution is 2.32. The van der Waals surface area contributed by atoms with Crippen LogP contribution in [0, 0.1) is 5.82 Å². The zero-order chi connectivity index (χ0) is 23.5. The first-order chi connectivity index (χ1) is 16.6. The van der Waals surface area contributed by atoms with Gasteiger partial charge in [-0.25, -0.2) is 9.07 Å². The number of amides is 1. The van der Waals surface area contributed by atoms with Gasteiger partial charge in [0.15, 0.2) is 0 Å². The maximum atomic E-state index is 14.0. The Labute approximate surface area is 205 Å². The molecule has 34 heavy (non-hydrogen) atoms. The SMILES string of the molecule is O=C1NC(=S)SC1=Cc1cn(-c2ccccc2)nc1-c1cccc(OCc2ccccc2F)c1. The summed E-state index contributed by atoms with van der Waals surface area (Å²) < 4.78 is 22.0. The van der Waals surface area contributed by atoms with Crippen molar-refractivity contribution in [2.24, 2.45) is 0 Å². The first-order valence-electron chi connectivity index (χ1n) is 10.4. The Bertz CT molecular complexity index is 1420. The summed E-state index contributed by atoms with van der Waals surface area (Å²) in [4.78, 5) is 12.8. The smallest absolute Gasteiger partial charge is 0.263 e. The Kier molecular flexibility index (Phi) is 6.24. The molecule has 1 amide bonds. The number of rotatable bonds is 6. The number of thioether (sulfide) groups is 1. The summed E-state index contributed by atoms with van der Waals surface area (Å²) in [6.45, 7) is 0.111. The van der Waals surface area contributed by atoms with Gasteiger partial charge in [-0.1, -0.05) is 72.5 Å². The molecule has 1 saturated heterocycles. The molecule has 0 saturated carbocycles. The molecule has 0 radical (unpaired) electrons. The molecule has 0 spiro atoms. The van der Waals surface area contributed by atoms with E-state index in [-0.39, 0.29) is 18.3 Å². The third-order valence-electron chi connectivity index (χ3n) is 5.15. The van der Waals surface area contributed by atoms with Gasteiger partial charge in [-0.15, -0.1) is 0 Å². The molecule has 0 atom stereocenters. The van der Waals surface area contributed by atoms with E-state index in [9.17, 15) is 9.18 Å². The summed E-state index contributed by atoms with van der Waals surface area (Å²) >= 11 is 6.34. The van der Waals surface area contributed by atoms with Crippen LogP contribution in [-0.4, -0.2) is 20.0 Å². The molecule has 0 aliphatic carbocycles. The van der Waals surface area contributed by atoms with Crippen molar-refractivity contribution in [3.05, 3.63) is 107 Å². The molecule has 1 N–H and O–H groups in total. The van der Waals surface area contributed by atoms with E-state index >= 15 is 0 Å². The number of halogens is 1. The summed E-state index contributed by atoms with van der Waals surface area (Å²) in [6.07, 6.45) is 3.66. The Balaban J connectivity index is 1.51. The number of ether oxygens (including phenoxy) is 1. The maximum absolute atomic E-state index is 14.0. The third-order valence-corrected chi connectivity index (χ3v) is 6.31. The number of aromatic nitrogens is 2. The maximum Gasteiger partial charge on any atom is 0.263 e. The van der Waals surface area contributed by atoms with Crippen molar-refractivity contribution in [1.82, 2.24) is 15.1 Å². The number of benzene rings is 3. The van der Waals surface area contributed by atoms with Gasteiger partial charge in [0.1, 0.15) is 28.2 Å². The van der Waals surface area contributed by atoms with Gasteiger partial charge >= 0.3 is 0 Å². The molecule has 1 aliphatic rings. The van der Waals surface area contributed by atoms with Crippen LogP contribution in [0.2, 0.25) is 0 Å². The fourth-order valence-electron chi connectivity index (χ4n) is 3.50. The average molecular weight is 488 g/mol. The van der Waals surface area contributed by atoms with Crippen molar-refractivity contribution in [2.45, 2.75) is 6.61 Å². The van der Waals surface area contributed by atoms with E-state index in [4.69, 9.17) is 22.1 Å². The second-order valence-electron chi connectivity index (χ2n) is 7.47. The molecule has 5 nitrogen and oxygen atoms in total. The van der Waals surface area contributed by atoms with E-state index in [1.54, 1.807) is 29.0 Å². The zero-order valence-electron chi connectivity index (χ0n) is 17.8. The summed E-state index contributed by atoms with van der Waals surface area (Å²) in [7, 11) is 0. The van der Waals surface area contributed by atoms with Gasteiger partial charge in [0.2, 0.25) is 0 Å². The monoisotopic (exact) mass is 487 g/mol. The van der Waals surface area contributed by atoms with Gasteiger partial charge in [0.05, 0.1) is 10.6 Å². The first kappa shape index (κ1) is 22.1. The number of thiocarbonyl (C=S) groups is 1. The van der Waals surface area contributed by atoms with E-state index in [0.717, 1.165) is 16.8 Å². The second-order valence-corrected chi connectivity index (χ2v) is 9.19. The Morgan fingerprint density at radius 3 is 2.62 bits per heavy atom. The van der Waals surface area contributed by atoms with Crippen LogP contribution < -0.4 is 10.1 Å². The number of nitrogens with zero attached hydrogens (tertiary/aromatic N) is 2. The molecule has 4 aromatic rings. The molecule has 0 bridgehead atoms. The van der Waals surface area contributed by atoms with Crippen LogP contribution in [0.3, 0.4) is 0 Å². The summed E-state index contributed by atoms with van der Waals surface area (Å²) in [5, 5.41) is 7.43. The lowest BCUT2D eigenvalue weighted by Crippen LogP contribution is -2.17. The molecule has 3 aromatic carbocycles. The van der Waals surface area contributed by atoms with Crippen LogP contribution in [0.1, 0.15) is 11.1 Å². The summed E-state index contributed by atoms with van der Waals surface area (Å²) in [5.41, 5.74) is 3.61. The van der Waals surface area contributed by atoms with Crippen LogP contribution in [0.4, 0.5) is 4.39 Å². The van der Waals surface area contributed by atoms with Gasteiger partial charge in [0, 0.05) is 22.9 Å². The standard InChI is InChI=1S/C26H18FN3O2S2/c27-22-12-5-4-7-18(22)16-32-21-11-6-8-17(13-21)24-19(14-23-25(31)28-26(33)34-23)15-30(29-24)20-9-2-1-3-10-20/h1-15H,16H2,(H,28,31,33). The minimum Gasteiger partial charge on any atom is -0.489 e. The molecule has 1 aliphatic heterocycles. The van der Waals surface area contributed by atoms with Crippen molar-refractivity contribution >= 4 is 40.3 Å². The number of carbonyl (C=O) groups excluding carboxylic acids is 1. The summed E-state index contributed by atoms with van der Waals surface area (Å²) in [6, 6.07) is 23.7. The highest BCUT2D eigenvalue weighted by atomic mass is 32.2. The minimum atomic E-state index is -0.306. The molecule has 8 heteroatoms. The Morgan fingerprint density at radius 2 is 1.85 bits per heavy atom. The fraction of sp³-hybridized carbons (Fsp3) is 0.0385. The van der Waals surface area contributed by atoms with E-state index in [2.05, 4.69) is 5.32 Å². The van der Waals surface area contributed by atoms with Crippen molar-refractivity contribution in [2.75, 3.05) is 0 Å². The average Bonchev–Trinajstić information content (AvgIpc) is 3.42. The molecule has 2 heterocycles. The quantitative estimate of drug-likeness (QED) is 0.277. The van der Waals surface area contributed by atoms with Crippen molar-refractivity contribution in [1.29, 1.82) is 0 Å².